The van der Waals surface area contributed by atoms with Crippen molar-refractivity contribution in [2.24, 2.45) is 11.3 Å². The number of hydrogen-bond donors (Lipinski definition) is 2. The molecule has 8 nitrogen and oxygen atoms in total. The van der Waals surface area contributed by atoms with Gasteiger partial charge < -0.3 is 15.5 Å². The minimum Gasteiger partial charge on any atom is -0.356 e. The molecule has 1 aliphatic carbocycles. The van der Waals surface area contributed by atoms with Gasteiger partial charge in [-0.1, -0.05) is 0 Å². The van der Waals surface area contributed by atoms with E-state index in [1.807, 2.05) is 0 Å². The van der Waals surface area contributed by atoms with E-state index in [1.165, 1.54) is 0 Å². The smallest absolute Gasteiger partial charge is 0.356 e. The zero-order chi connectivity index (χ0) is 31.4. The highest BCUT2D eigenvalue weighted by Crippen LogP contribution is 2.64. The van der Waals surface area contributed by atoms with Crippen LogP contribution in [-0.2, 0) is 23.9 Å². The van der Waals surface area contributed by atoms with Crippen LogP contribution in [0.15, 0.2) is 0 Å². The van der Waals surface area contributed by atoms with Gasteiger partial charge in [0.05, 0.1) is 53.1 Å². The fraction of sp³-hybridized carbons (Fsp3) is 0.810. The summed E-state index contributed by atoms with van der Waals surface area (Å²) in [6.07, 6.45) is -3.78. The first-order chi connectivity index (χ1) is 18.5. The Hall–Kier alpha value is -1.59. The molecule has 20 heteroatoms. The Labute approximate surface area is 249 Å². The summed E-state index contributed by atoms with van der Waals surface area (Å²) in [6.45, 7) is -1.15. The number of nitrogens with one attached hydrogen (secondary N) is 2. The minimum absolute atomic E-state index is 0.0296. The lowest BCUT2D eigenvalue weighted by molar-refractivity contribution is -0.321. The second kappa shape index (κ2) is 11.2. The molecule has 0 unspecified atom stereocenters. The Morgan fingerprint density at radius 2 is 1.61 bits per heavy atom. The van der Waals surface area contributed by atoms with Crippen LogP contribution in [-0.4, -0.2) is 137 Å². The van der Waals surface area contributed by atoms with Crippen LogP contribution in [0.1, 0.15) is 32.1 Å². The number of ether oxygens (including phenoxy) is 1. The van der Waals surface area contributed by atoms with Gasteiger partial charge in [-0.3, -0.25) is 23.9 Å². The molecule has 0 aromatic carbocycles. The van der Waals surface area contributed by atoms with Crippen molar-refractivity contribution >= 4 is 94.1 Å². The summed E-state index contributed by atoms with van der Waals surface area (Å²) in [6, 6.07) is -2.87. The third-order valence-corrected chi connectivity index (χ3v) is 8.23. The third kappa shape index (κ3) is 6.82. The molecule has 2 heterocycles. The number of Topliss-reactive ketones (excluding diaryl/α,β-unsaturated/α-hetero) is 1. The normalized spacial score (nSPS) is 23.7. The van der Waals surface area contributed by atoms with Crippen LogP contribution >= 0.6 is 0 Å². The zero-order valence-corrected chi connectivity index (χ0v) is 22.2. The Kier molecular flexibility index (Phi) is 9.23. The van der Waals surface area contributed by atoms with Gasteiger partial charge in [0, 0.05) is 42.5 Å². The molecular weight excluding hydrogens is 529 g/mol. The maximum atomic E-state index is 13.7. The van der Waals surface area contributed by atoms with E-state index >= 15 is 0 Å². The lowest BCUT2D eigenvalue weighted by Crippen LogP contribution is -2.58. The van der Waals surface area contributed by atoms with E-state index in [1.54, 1.807) is 0 Å². The van der Waals surface area contributed by atoms with Crippen LogP contribution < -0.4 is 10.6 Å². The average Bonchev–Trinajstić information content (AvgIpc) is 3.29. The van der Waals surface area contributed by atoms with Crippen molar-refractivity contribution in [3.05, 3.63) is 0 Å². The van der Waals surface area contributed by atoms with Gasteiger partial charge in [0.2, 0.25) is 17.7 Å². The van der Waals surface area contributed by atoms with Crippen LogP contribution in [0.25, 0.3) is 0 Å². The summed E-state index contributed by atoms with van der Waals surface area (Å²) in [5, 5.41) is -5.79. The van der Waals surface area contributed by atoms with Gasteiger partial charge in [0.25, 0.3) is 0 Å². The molecule has 1 spiro atoms. The molecule has 3 atom stereocenters. The molecule has 3 amide bonds. The molecule has 0 bridgehead atoms. The quantitative estimate of drug-likeness (QED) is 0.276. The topological polar surface area (TPSA) is 105 Å². The van der Waals surface area contributed by atoms with E-state index in [0.29, 0.717) is 25.8 Å². The average molecular weight is 550 g/mol. The van der Waals surface area contributed by atoms with Crippen molar-refractivity contribution in [2.45, 2.75) is 71.3 Å². The van der Waals surface area contributed by atoms with E-state index in [4.69, 9.17) is 70.6 Å². The van der Waals surface area contributed by atoms with E-state index in [0.717, 1.165) is 4.90 Å². The summed E-state index contributed by atoms with van der Waals surface area (Å²) < 4.78 is 41.4. The lowest BCUT2D eigenvalue weighted by atomic mass is 9.08. The highest BCUT2D eigenvalue weighted by Gasteiger charge is 2.59. The molecule has 2 aliphatic heterocycles. The van der Waals surface area contributed by atoms with Gasteiger partial charge in [0.15, 0.2) is 5.78 Å². The molecule has 198 valence electrons. The fourth-order valence-electron chi connectivity index (χ4n) is 5.10. The zero-order valence-electron chi connectivity index (χ0n) is 22.2. The van der Waals surface area contributed by atoms with Crippen molar-refractivity contribution in [3.63, 3.8) is 0 Å². The first-order valence-electron chi connectivity index (χ1n) is 12.7. The van der Waals surface area contributed by atoms with Crippen molar-refractivity contribution in [3.8, 4) is 0 Å². The van der Waals surface area contributed by atoms with Crippen molar-refractivity contribution in [1.29, 1.82) is 0 Å². The van der Waals surface area contributed by atoms with Crippen molar-refractivity contribution < 1.29 is 37.1 Å². The van der Waals surface area contributed by atoms with Gasteiger partial charge in [-0.15, -0.1) is 28.7 Å². The molecule has 18 radical (unpaired) electrons. The van der Waals surface area contributed by atoms with E-state index in [-0.39, 0.29) is 19.4 Å². The number of likely N-dealkylation sites (tertiary alicyclic amines) is 1. The summed E-state index contributed by atoms with van der Waals surface area (Å²) in [4.78, 5) is 53.0. The SMILES string of the molecule is [B]C([B])([B])C([B])([B])C([B])([B])C([B])([B])C(=O)N1CC2(CC2)C[C@H]1C(=O)N[C@@H](C[C@@H]1CCNC1=O)C(=O)COC(F)(F)F. The molecule has 41 heavy (non-hydrogen) atoms. The number of hydrogen-bond acceptors (Lipinski definition) is 5. The van der Waals surface area contributed by atoms with Crippen LogP contribution in [0.5, 0.6) is 0 Å². The molecular formula is C21H21B9F3N3O5. The molecule has 3 aliphatic rings. The maximum absolute atomic E-state index is 13.7. The van der Waals surface area contributed by atoms with Crippen LogP contribution in [0.3, 0.4) is 0 Å². The number of amides is 3. The number of halogens is 3. The second-order valence-corrected chi connectivity index (χ2v) is 11.5. The van der Waals surface area contributed by atoms with Crippen molar-refractivity contribution in [1.82, 2.24) is 15.5 Å². The van der Waals surface area contributed by atoms with E-state index in [2.05, 4.69) is 15.4 Å². The summed E-state index contributed by atoms with van der Waals surface area (Å²) in [5.74, 6) is -4.42. The standard InChI is InChI=1S/C21H21B9F3N3O5/c22-17(23,18(24,25)19(26,27)20(28,29)30)15(40)36-8-16(2-3-16)6-11(36)14(39)35-10(5-9-1-4-34-13(9)38)12(37)7-41-21(31,32)33/h9-11H,1-8H2,(H,34,38)(H,35,39)/t9-,10-,11-/m0/s1. The second-order valence-electron chi connectivity index (χ2n) is 11.5. The highest BCUT2D eigenvalue weighted by atomic mass is 19.4. The number of rotatable bonds is 11. The predicted molar refractivity (Wildman–Crippen MR) is 149 cm³/mol. The number of nitrogens with zero attached hydrogens (tertiary/aromatic N) is 1. The number of alkyl halides is 3. The summed E-state index contributed by atoms with van der Waals surface area (Å²) >= 11 is 0. The molecule has 3 fully saturated rings. The summed E-state index contributed by atoms with van der Waals surface area (Å²) in [5.41, 5.74) is -0.494. The van der Waals surface area contributed by atoms with Gasteiger partial charge in [-0.2, -0.15) is 0 Å². The molecule has 0 aromatic heterocycles. The number of ketones is 1. The Balaban J connectivity index is 1.86. The number of carbonyl (C=O) groups is 4. The molecule has 2 N–H and O–H groups in total. The Bertz CT molecular complexity index is 1080. The van der Waals surface area contributed by atoms with Crippen LogP contribution in [0.4, 0.5) is 13.2 Å². The molecule has 3 rings (SSSR count). The van der Waals surface area contributed by atoms with Crippen molar-refractivity contribution in [2.75, 3.05) is 19.7 Å². The van der Waals surface area contributed by atoms with Crippen LogP contribution in [0, 0.1) is 11.3 Å². The van der Waals surface area contributed by atoms with Gasteiger partial charge in [0.1, 0.15) is 12.6 Å². The molecule has 0 aromatic rings. The Morgan fingerprint density at radius 3 is 2.07 bits per heavy atom. The van der Waals surface area contributed by atoms with Crippen LogP contribution in [0.2, 0.25) is 20.8 Å². The third-order valence-electron chi connectivity index (χ3n) is 8.23. The molecule has 1 saturated carbocycles. The fourth-order valence-corrected chi connectivity index (χ4v) is 5.10. The Morgan fingerprint density at radius 1 is 1.02 bits per heavy atom. The maximum Gasteiger partial charge on any atom is 0.522 e. The highest BCUT2D eigenvalue weighted by molar-refractivity contribution is 6.73. The van der Waals surface area contributed by atoms with E-state index < -0.39 is 80.6 Å². The first kappa shape index (κ1) is 33.9. The van der Waals surface area contributed by atoms with Gasteiger partial charge >= 0.3 is 6.36 Å². The monoisotopic (exact) mass is 551 g/mol. The van der Waals surface area contributed by atoms with Gasteiger partial charge in [-0.05, 0) is 42.7 Å². The largest absolute Gasteiger partial charge is 0.522 e. The van der Waals surface area contributed by atoms with E-state index in [9.17, 15) is 32.3 Å². The lowest BCUT2D eigenvalue weighted by Gasteiger charge is -2.62. The van der Waals surface area contributed by atoms with Gasteiger partial charge in [-0.25, -0.2) is 0 Å². The first-order valence-corrected chi connectivity index (χ1v) is 12.7. The summed E-state index contributed by atoms with van der Waals surface area (Å²) in [7, 11) is 52.8. The number of carbonyl (C=O) groups excluding carboxylic acids is 4. The predicted octanol–water partition coefficient (Wildman–Crippen LogP) is -2.58. The molecule has 2 saturated heterocycles. The minimum atomic E-state index is -5.11.